The molecule has 0 atom stereocenters. The summed E-state index contributed by atoms with van der Waals surface area (Å²) in [6.45, 7) is 2.22. The van der Waals surface area contributed by atoms with Crippen LogP contribution in [-0.2, 0) is 6.54 Å². The molecule has 3 rings (SSSR count). The molecular weight excluding hydrogens is 328 g/mol. The number of hydrogen-bond donors (Lipinski definition) is 2. The van der Waals surface area contributed by atoms with Gasteiger partial charge in [0, 0.05) is 18.0 Å². The number of rotatable bonds is 5. The van der Waals surface area contributed by atoms with Gasteiger partial charge in [0.1, 0.15) is 17.3 Å². The van der Waals surface area contributed by atoms with Crippen molar-refractivity contribution in [1.82, 2.24) is 15.0 Å². The standard InChI is InChI=1S/C19H16N6O/c1-13-23-17(19(26)25-15-7-5-14(11-20)6-8-15)10-18(24-13)22-12-16-4-2-3-9-21-16/h2-10H,12H2,1H3,(H,25,26)(H,22,23,24). The van der Waals surface area contributed by atoms with Gasteiger partial charge in [-0.3, -0.25) is 9.78 Å². The van der Waals surface area contributed by atoms with E-state index in [1.807, 2.05) is 24.3 Å². The van der Waals surface area contributed by atoms with Gasteiger partial charge in [-0.1, -0.05) is 6.07 Å². The average molecular weight is 344 g/mol. The molecule has 7 heteroatoms. The van der Waals surface area contributed by atoms with Crippen molar-refractivity contribution in [2.45, 2.75) is 13.5 Å². The van der Waals surface area contributed by atoms with E-state index in [1.54, 1.807) is 43.5 Å². The summed E-state index contributed by atoms with van der Waals surface area (Å²) < 4.78 is 0. The number of benzene rings is 1. The summed E-state index contributed by atoms with van der Waals surface area (Å²) in [6, 6.07) is 15.9. The minimum Gasteiger partial charge on any atom is -0.364 e. The fourth-order valence-electron chi connectivity index (χ4n) is 2.28. The van der Waals surface area contributed by atoms with Gasteiger partial charge >= 0.3 is 0 Å². The van der Waals surface area contributed by atoms with Crippen molar-refractivity contribution in [3.8, 4) is 6.07 Å². The number of amides is 1. The number of nitriles is 1. The number of nitrogens with zero attached hydrogens (tertiary/aromatic N) is 4. The largest absolute Gasteiger partial charge is 0.364 e. The minimum absolute atomic E-state index is 0.255. The van der Waals surface area contributed by atoms with E-state index in [2.05, 4.69) is 25.6 Å². The monoisotopic (exact) mass is 344 g/mol. The van der Waals surface area contributed by atoms with E-state index in [0.717, 1.165) is 5.69 Å². The lowest BCUT2D eigenvalue weighted by Crippen LogP contribution is -2.16. The smallest absolute Gasteiger partial charge is 0.274 e. The van der Waals surface area contributed by atoms with Crippen LogP contribution in [0.2, 0.25) is 0 Å². The Hall–Kier alpha value is -3.79. The predicted molar refractivity (Wildman–Crippen MR) is 97.4 cm³/mol. The molecule has 0 unspecified atom stereocenters. The molecule has 2 heterocycles. The topological polar surface area (TPSA) is 104 Å². The molecule has 0 radical (unpaired) electrons. The molecule has 128 valence electrons. The first kappa shape index (κ1) is 17.0. The zero-order chi connectivity index (χ0) is 18.4. The Morgan fingerprint density at radius 2 is 1.96 bits per heavy atom. The normalized spacial score (nSPS) is 10.0. The van der Waals surface area contributed by atoms with Crippen molar-refractivity contribution in [2.75, 3.05) is 10.6 Å². The molecule has 0 bridgehead atoms. The van der Waals surface area contributed by atoms with Gasteiger partial charge in [-0.25, -0.2) is 9.97 Å². The van der Waals surface area contributed by atoms with Gasteiger partial charge in [0.15, 0.2) is 0 Å². The van der Waals surface area contributed by atoms with Crippen molar-refractivity contribution >= 4 is 17.4 Å². The molecule has 0 aliphatic carbocycles. The van der Waals surface area contributed by atoms with Crippen LogP contribution in [0.1, 0.15) is 27.6 Å². The van der Waals surface area contributed by atoms with Crippen LogP contribution < -0.4 is 10.6 Å². The second-order valence-electron chi connectivity index (χ2n) is 5.50. The lowest BCUT2D eigenvalue weighted by atomic mass is 10.2. The van der Waals surface area contributed by atoms with Crippen LogP contribution in [0.25, 0.3) is 0 Å². The molecular formula is C19H16N6O. The average Bonchev–Trinajstić information content (AvgIpc) is 2.67. The number of aromatic nitrogens is 3. The maximum absolute atomic E-state index is 12.4. The Morgan fingerprint density at radius 1 is 1.15 bits per heavy atom. The summed E-state index contributed by atoms with van der Waals surface area (Å²) in [6.07, 6.45) is 1.72. The summed E-state index contributed by atoms with van der Waals surface area (Å²) in [5, 5.41) is 14.7. The summed E-state index contributed by atoms with van der Waals surface area (Å²) in [5.41, 5.74) is 2.24. The highest BCUT2D eigenvalue weighted by molar-refractivity contribution is 6.03. The molecule has 26 heavy (non-hydrogen) atoms. The van der Waals surface area contributed by atoms with E-state index >= 15 is 0 Å². The summed E-state index contributed by atoms with van der Waals surface area (Å²) in [7, 11) is 0. The van der Waals surface area contributed by atoms with E-state index in [9.17, 15) is 4.79 Å². The van der Waals surface area contributed by atoms with Crippen LogP contribution in [-0.4, -0.2) is 20.9 Å². The Kier molecular flexibility index (Phi) is 5.15. The highest BCUT2D eigenvalue weighted by Crippen LogP contribution is 2.13. The van der Waals surface area contributed by atoms with Crippen molar-refractivity contribution in [3.05, 3.63) is 77.5 Å². The number of aryl methyl sites for hydroxylation is 1. The Labute approximate surface area is 150 Å². The molecule has 0 fully saturated rings. The first-order chi connectivity index (χ1) is 12.6. The van der Waals surface area contributed by atoms with Crippen LogP contribution in [0.3, 0.4) is 0 Å². The molecule has 1 aromatic carbocycles. The quantitative estimate of drug-likeness (QED) is 0.737. The van der Waals surface area contributed by atoms with Gasteiger partial charge in [0.05, 0.1) is 23.9 Å². The summed E-state index contributed by atoms with van der Waals surface area (Å²) in [5.74, 6) is 0.690. The van der Waals surface area contributed by atoms with E-state index < -0.39 is 0 Å². The zero-order valence-electron chi connectivity index (χ0n) is 14.1. The van der Waals surface area contributed by atoms with Gasteiger partial charge in [0.2, 0.25) is 0 Å². The minimum atomic E-state index is -0.346. The van der Waals surface area contributed by atoms with Gasteiger partial charge < -0.3 is 10.6 Å². The lowest BCUT2D eigenvalue weighted by Gasteiger charge is -2.09. The number of anilines is 2. The third kappa shape index (κ3) is 4.39. The first-order valence-corrected chi connectivity index (χ1v) is 7.95. The Morgan fingerprint density at radius 3 is 2.65 bits per heavy atom. The van der Waals surface area contributed by atoms with Crippen molar-refractivity contribution in [1.29, 1.82) is 5.26 Å². The highest BCUT2D eigenvalue weighted by atomic mass is 16.1. The summed E-state index contributed by atoms with van der Waals surface area (Å²) >= 11 is 0. The fraction of sp³-hybridized carbons (Fsp3) is 0.105. The number of pyridine rings is 1. The van der Waals surface area contributed by atoms with E-state index in [1.165, 1.54) is 0 Å². The van der Waals surface area contributed by atoms with Gasteiger partial charge in [-0.05, 0) is 43.3 Å². The van der Waals surface area contributed by atoms with Gasteiger partial charge in [-0.15, -0.1) is 0 Å². The van der Waals surface area contributed by atoms with Crippen LogP contribution in [0.5, 0.6) is 0 Å². The third-order valence-electron chi connectivity index (χ3n) is 3.52. The third-order valence-corrected chi connectivity index (χ3v) is 3.52. The first-order valence-electron chi connectivity index (χ1n) is 7.95. The summed E-state index contributed by atoms with van der Waals surface area (Å²) in [4.78, 5) is 25.2. The number of nitrogens with one attached hydrogen (secondary N) is 2. The molecule has 2 aromatic heterocycles. The molecule has 0 aliphatic heterocycles. The predicted octanol–water partition coefficient (Wildman–Crippen LogP) is 2.92. The highest BCUT2D eigenvalue weighted by Gasteiger charge is 2.11. The van der Waals surface area contributed by atoms with Crippen molar-refractivity contribution < 1.29 is 4.79 Å². The molecule has 0 spiro atoms. The van der Waals surface area contributed by atoms with Crippen molar-refractivity contribution in [2.24, 2.45) is 0 Å². The Bertz CT molecular complexity index is 948. The maximum Gasteiger partial charge on any atom is 0.274 e. The molecule has 2 N–H and O–H groups in total. The second kappa shape index (κ2) is 7.85. The van der Waals surface area contributed by atoms with Crippen LogP contribution in [0.15, 0.2) is 54.7 Å². The van der Waals surface area contributed by atoms with E-state index in [-0.39, 0.29) is 11.6 Å². The fourth-order valence-corrected chi connectivity index (χ4v) is 2.28. The molecule has 0 saturated carbocycles. The van der Waals surface area contributed by atoms with E-state index in [0.29, 0.717) is 29.4 Å². The van der Waals surface area contributed by atoms with E-state index in [4.69, 9.17) is 5.26 Å². The SMILES string of the molecule is Cc1nc(NCc2ccccn2)cc(C(=O)Nc2ccc(C#N)cc2)n1. The number of carbonyl (C=O) groups excluding carboxylic acids is 1. The molecule has 1 amide bonds. The molecule has 7 nitrogen and oxygen atoms in total. The van der Waals surface area contributed by atoms with Gasteiger partial charge in [0.25, 0.3) is 5.91 Å². The second-order valence-corrected chi connectivity index (χ2v) is 5.50. The van der Waals surface area contributed by atoms with Crippen LogP contribution in [0.4, 0.5) is 11.5 Å². The number of carbonyl (C=O) groups is 1. The van der Waals surface area contributed by atoms with Crippen LogP contribution in [0, 0.1) is 18.3 Å². The number of hydrogen-bond acceptors (Lipinski definition) is 6. The molecule has 0 saturated heterocycles. The van der Waals surface area contributed by atoms with Crippen LogP contribution >= 0.6 is 0 Å². The molecule has 3 aromatic rings. The molecule has 0 aliphatic rings. The van der Waals surface area contributed by atoms with Gasteiger partial charge in [-0.2, -0.15) is 5.26 Å². The maximum atomic E-state index is 12.4. The van der Waals surface area contributed by atoms with Crippen molar-refractivity contribution in [3.63, 3.8) is 0 Å². The Balaban J connectivity index is 1.71. The zero-order valence-corrected chi connectivity index (χ0v) is 14.1. The lowest BCUT2D eigenvalue weighted by molar-refractivity contribution is 0.102.